The quantitative estimate of drug-likeness (QED) is 0.612. The number of hydrogen-bond acceptors (Lipinski definition) is 0. The Bertz CT molecular complexity index is 176. The Hall–Kier alpha value is 0.480. The smallest absolute Gasteiger partial charge is 0.00880 e. The fourth-order valence-corrected chi connectivity index (χ4v) is 4.49. The lowest BCUT2D eigenvalue weighted by atomic mass is 9.68. The molecule has 0 saturated heterocycles. The normalized spacial score (nSPS) is 27.8. The van der Waals surface area contributed by atoms with Gasteiger partial charge in [0.1, 0.15) is 0 Å². The largest absolute Gasteiger partial charge is 0.0922 e. The van der Waals surface area contributed by atoms with Crippen LogP contribution in [0.15, 0.2) is 0 Å². The highest BCUT2D eigenvalue weighted by Crippen LogP contribution is 2.45. The van der Waals surface area contributed by atoms with Crippen LogP contribution >= 0.6 is 15.9 Å². The first-order valence-electron chi connectivity index (χ1n) is 6.91. The SMILES string of the molecule is BrCC1(CC2CCCCC2)CCCCC1. The number of rotatable bonds is 3. The van der Waals surface area contributed by atoms with Crippen LogP contribution in [0.3, 0.4) is 0 Å². The molecule has 15 heavy (non-hydrogen) atoms. The zero-order valence-electron chi connectivity index (χ0n) is 9.94. The first-order valence-corrected chi connectivity index (χ1v) is 8.03. The lowest BCUT2D eigenvalue weighted by Crippen LogP contribution is -2.29. The summed E-state index contributed by atoms with van der Waals surface area (Å²) in [7, 11) is 0. The summed E-state index contributed by atoms with van der Waals surface area (Å²) in [5.74, 6) is 1.06. The monoisotopic (exact) mass is 272 g/mol. The summed E-state index contributed by atoms with van der Waals surface area (Å²) >= 11 is 3.79. The minimum absolute atomic E-state index is 0.695. The van der Waals surface area contributed by atoms with Crippen molar-refractivity contribution in [2.45, 2.75) is 70.6 Å². The van der Waals surface area contributed by atoms with Crippen LogP contribution < -0.4 is 0 Å². The second-order valence-corrected chi connectivity index (χ2v) is 6.46. The molecular weight excluding hydrogens is 248 g/mol. The van der Waals surface area contributed by atoms with Crippen molar-refractivity contribution in [3.63, 3.8) is 0 Å². The van der Waals surface area contributed by atoms with E-state index in [1.54, 1.807) is 0 Å². The molecule has 0 spiro atoms. The average Bonchev–Trinajstić information content (AvgIpc) is 2.32. The topological polar surface area (TPSA) is 0 Å². The summed E-state index contributed by atoms with van der Waals surface area (Å²) in [5.41, 5.74) is 0.695. The molecule has 2 saturated carbocycles. The molecule has 88 valence electrons. The van der Waals surface area contributed by atoms with Gasteiger partial charge in [0.15, 0.2) is 0 Å². The van der Waals surface area contributed by atoms with Gasteiger partial charge in [-0.3, -0.25) is 0 Å². The van der Waals surface area contributed by atoms with Gasteiger partial charge in [0.25, 0.3) is 0 Å². The molecule has 0 radical (unpaired) electrons. The van der Waals surface area contributed by atoms with Crippen molar-refractivity contribution in [1.29, 1.82) is 0 Å². The van der Waals surface area contributed by atoms with E-state index in [-0.39, 0.29) is 0 Å². The summed E-state index contributed by atoms with van der Waals surface area (Å²) in [6, 6.07) is 0. The first-order chi connectivity index (χ1) is 7.35. The van der Waals surface area contributed by atoms with Crippen molar-refractivity contribution in [2.24, 2.45) is 11.3 Å². The van der Waals surface area contributed by atoms with E-state index >= 15 is 0 Å². The number of hydrogen-bond donors (Lipinski definition) is 0. The van der Waals surface area contributed by atoms with Gasteiger partial charge in [0, 0.05) is 5.33 Å². The number of alkyl halides is 1. The Morgan fingerprint density at radius 3 is 2.07 bits per heavy atom. The van der Waals surface area contributed by atoms with Crippen LogP contribution in [0.1, 0.15) is 70.6 Å². The van der Waals surface area contributed by atoms with Gasteiger partial charge < -0.3 is 0 Å². The van der Waals surface area contributed by atoms with Gasteiger partial charge in [-0.2, -0.15) is 0 Å². The van der Waals surface area contributed by atoms with Crippen molar-refractivity contribution in [3.05, 3.63) is 0 Å². The van der Waals surface area contributed by atoms with Gasteiger partial charge in [-0.05, 0) is 30.6 Å². The van der Waals surface area contributed by atoms with E-state index in [0.29, 0.717) is 5.41 Å². The van der Waals surface area contributed by atoms with Gasteiger partial charge in [0.05, 0.1) is 0 Å². The molecule has 0 aliphatic heterocycles. The third-order valence-corrected chi connectivity index (χ3v) is 5.83. The highest BCUT2D eigenvalue weighted by Gasteiger charge is 2.33. The van der Waals surface area contributed by atoms with E-state index < -0.39 is 0 Å². The maximum Gasteiger partial charge on any atom is 0.00880 e. The lowest BCUT2D eigenvalue weighted by molar-refractivity contribution is 0.152. The van der Waals surface area contributed by atoms with Crippen molar-refractivity contribution in [3.8, 4) is 0 Å². The van der Waals surface area contributed by atoms with E-state index in [2.05, 4.69) is 15.9 Å². The maximum atomic E-state index is 3.79. The molecule has 0 aromatic carbocycles. The van der Waals surface area contributed by atoms with Gasteiger partial charge >= 0.3 is 0 Å². The van der Waals surface area contributed by atoms with Crippen molar-refractivity contribution in [2.75, 3.05) is 5.33 Å². The highest BCUT2D eigenvalue weighted by molar-refractivity contribution is 9.09. The second kappa shape index (κ2) is 5.70. The molecule has 0 N–H and O–H groups in total. The molecule has 0 atom stereocenters. The van der Waals surface area contributed by atoms with Crippen LogP contribution in [0.25, 0.3) is 0 Å². The van der Waals surface area contributed by atoms with Gasteiger partial charge in [-0.25, -0.2) is 0 Å². The molecule has 0 unspecified atom stereocenters. The van der Waals surface area contributed by atoms with Crippen LogP contribution in [-0.2, 0) is 0 Å². The molecule has 0 amide bonds. The van der Waals surface area contributed by atoms with Crippen LogP contribution in [0, 0.1) is 11.3 Å². The summed E-state index contributed by atoms with van der Waals surface area (Å²) in [6.07, 6.45) is 16.5. The van der Waals surface area contributed by atoms with Crippen molar-refractivity contribution < 1.29 is 0 Å². The molecular formula is C14H25Br. The lowest BCUT2D eigenvalue weighted by Gasteiger charge is -2.39. The van der Waals surface area contributed by atoms with Crippen LogP contribution in [0.4, 0.5) is 0 Å². The summed E-state index contributed by atoms with van der Waals surface area (Å²) in [4.78, 5) is 0. The molecule has 0 bridgehead atoms. The highest BCUT2D eigenvalue weighted by atomic mass is 79.9. The molecule has 0 aromatic rings. The summed E-state index contributed by atoms with van der Waals surface area (Å²) in [5, 5.41) is 1.26. The summed E-state index contributed by atoms with van der Waals surface area (Å²) in [6.45, 7) is 0. The molecule has 0 nitrogen and oxygen atoms in total. The van der Waals surface area contributed by atoms with Gasteiger partial charge in [-0.15, -0.1) is 0 Å². The fourth-order valence-electron chi connectivity index (χ4n) is 3.70. The molecule has 0 aromatic heterocycles. The molecule has 2 aliphatic carbocycles. The van der Waals surface area contributed by atoms with Crippen molar-refractivity contribution in [1.82, 2.24) is 0 Å². The summed E-state index contributed by atoms with van der Waals surface area (Å²) < 4.78 is 0. The van der Waals surface area contributed by atoms with Crippen molar-refractivity contribution >= 4 is 15.9 Å². The zero-order chi connectivity index (χ0) is 10.6. The van der Waals surface area contributed by atoms with E-state index in [0.717, 1.165) is 5.92 Å². The Balaban J connectivity index is 1.87. The second-order valence-electron chi connectivity index (χ2n) is 5.90. The first kappa shape index (κ1) is 12.0. The zero-order valence-corrected chi connectivity index (χ0v) is 11.5. The van der Waals surface area contributed by atoms with Gasteiger partial charge in [-0.1, -0.05) is 67.3 Å². The predicted octanol–water partition coefficient (Wildman–Crippen LogP) is 5.30. The standard InChI is InChI=1S/C14H25Br/c15-12-14(9-5-2-6-10-14)11-13-7-3-1-4-8-13/h13H,1-12H2. The third kappa shape index (κ3) is 3.22. The number of halogens is 1. The molecule has 1 heteroatoms. The van der Waals surface area contributed by atoms with Crippen LogP contribution in [0.2, 0.25) is 0 Å². The van der Waals surface area contributed by atoms with Crippen LogP contribution in [0.5, 0.6) is 0 Å². The average molecular weight is 273 g/mol. The van der Waals surface area contributed by atoms with E-state index in [9.17, 15) is 0 Å². The van der Waals surface area contributed by atoms with E-state index in [1.165, 1.54) is 76.0 Å². The minimum Gasteiger partial charge on any atom is -0.0922 e. The van der Waals surface area contributed by atoms with E-state index in [4.69, 9.17) is 0 Å². The Labute approximate surface area is 103 Å². The predicted molar refractivity (Wildman–Crippen MR) is 70.5 cm³/mol. The maximum absolute atomic E-state index is 3.79. The molecule has 2 fully saturated rings. The third-order valence-electron chi connectivity index (χ3n) is 4.64. The molecule has 2 aliphatic rings. The minimum atomic E-state index is 0.695. The van der Waals surface area contributed by atoms with Crippen LogP contribution in [-0.4, -0.2) is 5.33 Å². The Kier molecular flexibility index (Phi) is 4.54. The fraction of sp³-hybridized carbons (Fsp3) is 1.00. The van der Waals surface area contributed by atoms with Gasteiger partial charge in [0.2, 0.25) is 0 Å². The molecule has 2 rings (SSSR count). The Morgan fingerprint density at radius 1 is 0.867 bits per heavy atom. The molecule has 0 heterocycles. The Morgan fingerprint density at radius 2 is 1.47 bits per heavy atom. The van der Waals surface area contributed by atoms with E-state index in [1.807, 2.05) is 0 Å².